The van der Waals surface area contributed by atoms with Crippen LogP contribution in [-0.2, 0) is 6.42 Å². The molecule has 0 aliphatic rings. The lowest BCUT2D eigenvalue weighted by Gasteiger charge is -2.08. The summed E-state index contributed by atoms with van der Waals surface area (Å²) in [5, 5.41) is 12.0. The molecule has 2 aromatic rings. The first-order valence-electron chi connectivity index (χ1n) is 4.85. The number of aliphatic hydroxyl groups excluding tert-OH is 1. The van der Waals surface area contributed by atoms with Gasteiger partial charge in [0.1, 0.15) is 6.10 Å². The van der Waals surface area contributed by atoms with Gasteiger partial charge >= 0.3 is 0 Å². The van der Waals surface area contributed by atoms with Crippen LogP contribution >= 0.6 is 27.3 Å². The Morgan fingerprint density at radius 1 is 1.44 bits per heavy atom. The molecule has 16 heavy (non-hydrogen) atoms. The molecule has 0 bridgehead atoms. The summed E-state index contributed by atoms with van der Waals surface area (Å²) in [4.78, 5) is 9.34. The van der Waals surface area contributed by atoms with Crippen LogP contribution < -0.4 is 0 Å². The number of nitrogens with zero attached hydrogens (tertiary/aromatic N) is 2. The fourth-order valence-corrected chi connectivity index (χ4v) is 2.86. The third-order valence-corrected chi connectivity index (χ3v) is 4.12. The Balaban J connectivity index is 2.11. The summed E-state index contributed by atoms with van der Waals surface area (Å²) in [5.74, 6) is 0.478. The molecule has 0 fully saturated rings. The number of aromatic nitrogens is 2. The normalized spacial score (nSPS) is 12.7. The second-order valence-corrected chi connectivity index (χ2v) is 5.39. The van der Waals surface area contributed by atoms with Crippen molar-refractivity contribution in [3.05, 3.63) is 44.6 Å². The van der Waals surface area contributed by atoms with Gasteiger partial charge in [0.2, 0.25) is 0 Å². The molecule has 1 atom stereocenters. The first-order valence-corrected chi connectivity index (χ1v) is 6.52. The topological polar surface area (TPSA) is 46.0 Å². The molecule has 0 saturated carbocycles. The number of halogens is 1. The summed E-state index contributed by atoms with van der Waals surface area (Å²) >= 11 is 5.05. The Morgan fingerprint density at radius 3 is 2.69 bits per heavy atom. The second-order valence-electron chi connectivity index (χ2n) is 3.53. The highest BCUT2D eigenvalue weighted by Gasteiger charge is 2.13. The van der Waals surface area contributed by atoms with Crippen LogP contribution in [0.1, 0.15) is 22.4 Å². The highest BCUT2D eigenvalue weighted by molar-refractivity contribution is 9.10. The maximum atomic E-state index is 9.97. The van der Waals surface area contributed by atoms with E-state index in [1.807, 2.05) is 18.4 Å². The number of aryl methyl sites for hydroxylation is 1. The van der Waals surface area contributed by atoms with E-state index in [4.69, 9.17) is 0 Å². The number of hydrogen-bond donors (Lipinski definition) is 1. The number of thiophene rings is 1. The van der Waals surface area contributed by atoms with Crippen LogP contribution in [0.5, 0.6) is 0 Å². The van der Waals surface area contributed by atoms with Crippen LogP contribution in [0.3, 0.4) is 0 Å². The summed E-state index contributed by atoms with van der Waals surface area (Å²) in [6, 6.07) is 1.97. The molecule has 3 nitrogen and oxygen atoms in total. The zero-order chi connectivity index (χ0) is 11.5. The molecule has 0 aliphatic heterocycles. The van der Waals surface area contributed by atoms with Crippen molar-refractivity contribution in [2.45, 2.75) is 19.4 Å². The van der Waals surface area contributed by atoms with Crippen molar-refractivity contribution in [1.29, 1.82) is 0 Å². The zero-order valence-electron chi connectivity index (χ0n) is 8.72. The molecule has 0 saturated heterocycles. The van der Waals surface area contributed by atoms with Gasteiger partial charge in [0.15, 0.2) is 5.82 Å². The van der Waals surface area contributed by atoms with E-state index in [-0.39, 0.29) is 0 Å². The van der Waals surface area contributed by atoms with Crippen LogP contribution in [0, 0.1) is 6.92 Å². The Hall–Kier alpha value is -0.780. The zero-order valence-corrected chi connectivity index (χ0v) is 11.1. The van der Waals surface area contributed by atoms with Gasteiger partial charge in [0, 0.05) is 28.2 Å². The van der Waals surface area contributed by atoms with Crippen molar-refractivity contribution in [3.63, 3.8) is 0 Å². The fourth-order valence-electron chi connectivity index (χ4n) is 1.31. The maximum Gasteiger partial charge on any atom is 0.157 e. The molecular formula is C11H11BrN2OS. The minimum absolute atomic E-state index is 0.478. The standard InChI is InChI=1S/C11H11BrN2OS/c1-7-5-13-11(14-6-7)9(15)4-10-8(12)2-3-16-10/h2-3,5-6,9,15H,4H2,1H3. The van der Waals surface area contributed by atoms with E-state index >= 15 is 0 Å². The summed E-state index contributed by atoms with van der Waals surface area (Å²) in [6.07, 6.45) is 3.33. The number of aliphatic hydroxyl groups is 1. The molecule has 5 heteroatoms. The molecule has 0 spiro atoms. The van der Waals surface area contributed by atoms with E-state index in [1.165, 1.54) is 0 Å². The lowest BCUT2D eigenvalue weighted by molar-refractivity contribution is 0.169. The van der Waals surface area contributed by atoms with Gasteiger partial charge in [-0.25, -0.2) is 9.97 Å². The molecule has 1 unspecified atom stereocenters. The average Bonchev–Trinajstić information content (AvgIpc) is 2.65. The van der Waals surface area contributed by atoms with Crippen molar-refractivity contribution in [3.8, 4) is 0 Å². The van der Waals surface area contributed by atoms with Crippen molar-refractivity contribution in [1.82, 2.24) is 9.97 Å². The van der Waals surface area contributed by atoms with Crippen LogP contribution in [0.2, 0.25) is 0 Å². The van der Waals surface area contributed by atoms with Crippen molar-refractivity contribution in [2.24, 2.45) is 0 Å². The largest absolute Gasteiger partial charge is 0.385 e. The number of rotatable bonds is 3. The first kappa shape index (κ1) is 11.7. The van der Waals surface area contributed by atoms with Crippen molar-refractivity contribution < 1.29 is 5.11 Å². The summed E-state index contributed by atoms with van der Waals surface area (Å²) in [7, 11) is 0. The van der Waals surface area contributed by atoms with Crippen LogP contribution in [-0.4, -0.2) is 15.1 Å². The lowest BCUT2D eigenvalue weighted by atomic mass is 10.2. The van der Waals surface area contributed by atoms with E-state index < -0.39 is 6.10 Å². The molecule has 0 aromatic carbocycles. The molecule has 0 radical (unpaired) electrons. The Bertz CT molecular complexity index is 469. The molecule has 2 aromatic heterocycles. The Labute approximate surface area is 106 Å². The molecule has 2 heterocycles. The van der Waals surface area contributed by atoms with Crippen molar-refractivity contribution >= 4 is 27.3 Å². The van der Waals surface area contributed by atoms with Gasteiger partial charge in [0.25, 0.3) is 0 Å². The van der Waals surface area contributed by atoms with Gasteiger partial charge in [-0.05, 0) is 39.9 Å². The summed E-state index contributed by atoms with van der Waals surface area (Å²) in [5.41, 5.74) is 0.994. The minimum atomic E-state index is -0.643. The molecule has 2 rings (SSSR count). The van der Waals surface area contributed by atoms with Gasteiger partial charge in [-0.1, -0.05) is 0 Å². The predicted molar refractivity (Wildman–Crippen MR) is 67.5 cm³/mol. The molecule has 0 amide bonds. The van der Waals surface area contributed by atoms with Crippen molar-refractivity contribution in [2.75, 3.05) is 0 Å². The first-order chi connectivity index (χ1) is 7.66. The van der Waals surface area contributed by atoms with Gasteiger partial charge in [-0.3, -0.25) is 0 Å². The maximum absolute atomic E-state index is 9.97. The van der Waals surface area contributed by atoms with Gasteiger partial charge in [0.05, 0.1) is 0 Å². The quantitative estimate of drug-likeness (QED) is 0.948. The fraction of sp³-hybridized carbons (Fsp3) is 0.273. The van der Waals surface area contributed by atoms with Crippen LogP contribution in [0.25, 0.3) is 0 Å². The van der Waals surface area contributed by atoms with E-state index in [9.17, 15) is 5.11 Å². The molecular weight excluding hydrogens is 288 g/mol. The summed E-state index contributed by atoms with van der Waals surface area (Å²) < 4.78 is 1.03. The molecule has 84 valence electrons. The van der Waals surface area contributed by atoms with Crippen LogP contribution in [0.4, 0.5) is 0 Å². The Kier molecular flexibility index (Phi) is 3.68. The SMILES string of the molecule is Cc1cnc(C(O)Cc2sccc2Br)nc1. The highest BCUT2D eigenvalue weighted by Crippen LogP contribution is 2.27. The molecule has 0 aliphatic carbocycles. The van der Waals surface area contributed by atoms with E-state index in [1.54, 1.807) is 23.7 Å². The monoisotopic (exact) mass is 298 g/mol. The van der Waals surface area contributed by atoms with Gasteiger partial charge in [-0.2, -0.15) is 0 Å². The highest BCUT2D eigenvalue weighted by atomic mass is 79.9. The lowest BCUT2D eigenvalue weighted by Crippen LogP contribution is -2.06. The third kappa shape index (κ3) is 2.66. The van der Waals surface area contributed by atoms with E-state index in [0.717, 1.165) is 14.9 Å². The minimum Gasteiger partial charge on any atom is -0.385 e. The third-order valence-electron chi connectivity index (χ3n) is 2.17. The molecule has 1 N–H and O–H groups in total. The summed E-state index contributed by atoms with van der Waals surface area (Å²) in [6.45, 7) is 1.92. The van der Waals surface area contributed by atoms with Crippen LogP contribution in [0.15, 0.2) is 28.3 Å². The predicted octanol–water partition coefficient (Wildman–Crippen LogP) is 2.89. The van der Waals surface area contributed by atoms with E-state index in [0.29, 0.717) is 12.2 Å². The second kappa shape index (κ2) is 5.03. The van der Waals surface area contributed by atoms with Gasteiger partial charge in [-0.15, -0.1) is 11.3 Å². The average molecular weight is 299 g/mol. The Morgan fingerprint density at radius 2 is 2.12 bits per heavy atom. The van der Waals surface area contributed by atoms with E-state index in [2.05, 4.69) is 25.9 Å². The smallest absolute Gasteiger partial charge is 0.157 e. The number of hydrogen-bond acceptors (Lipinski definition) is 4. The van der Waals surface area contributed by atoms with Gasteiger partial charge < -0.3 is 5.11 Å².